The number of amides is 1. The molecule has 0 aromatic carbocycles. The second-order valence-electron chi connectivity index (χ2n) is 3.31. The zero-order valence-electron chi connectivity index (χ0n) is 6.21. The van der Waals surface area contributed by atoms with E-state index in [1.54, 1.807) is 0 Å². The van der Waals surface area contributed by atoms with Crippen molar-refractivity contribution in [1.29, 1.82) is 0 Å². The van der Waals surface area contributed by atoms with Crippen molar-refractivity contribution in [2.24, 2.45) is 17.8 Å². The highest BCUT2D eigenvalue weighted by molar-refractivity contribution is 5.86. The largest absolute Gasteiger partial charge is 0.394 e. The van der Waals surface area contributed by atoms with E-state index >= 15 is 0 Å². The molecule has 0 bridgehead atoms. The number of aliphatic hydroxyl groups excluding tert-OH is 1. The molecule has 0 radical (unpaired) electrons. The normalized spacial score (nSPS) is 44.5. The molecular weight excluding hydrogens is 168 g/mol. The van der Waals surface area contributed by atoms with Crippen LogP contribution in [0.15, 0.2) is 0 Å². The smallest absolute Gasteiger partial charge is 0.242 e. The minimum Gasteiger partial charge on any atom is -0.394 e. The van der Waals surface area contributed by atoms with Crippen LogP contribution in [0.1, 0.15) is 0 Å². The summed E-state index contributed by atoms with van der Waals surface area (Å²) in [6.07, 6.45) is -2.43. The van der Waals surface area contributed by atoms with Crippen LogP contribution in [0.2, 0.25) is 0 Å². The van der Waals surface area contributed by atoms with Crippen molar-refractivity contribution in [3.8, 4) is 0 Å². The van der Waals surface area contributed by atoms with Crippen molar-refractivity contribution in [1.82, 2.24) is 5.32 Å². The molecule has 1 aliphatic carbocycles. The molecule has 1 heterocycles. The van der Waals surface area contributed by atoms with E-state index in [4.69, 9.17) is 5.11 Å². The average Bonchev–Trinajstić information content (AvgIpc) is 2.67. The maximum atomic E-state index is 12.2. The molecule has 0 aromatic rings. The van der Waals surface area contributed by atoms with Crippen molar-refractivity contribution in [3.05, 3.63) is 0 Å². The van der Waals surface area contributed by atoms with Crippen LogP contribution in [0.25, 0.3) is 0 Å². The van der Waals surface area contributed by atoms with E-state index in [0.29, 0.717) is 0 Å². The summed E-state index contributed by atoms with van der Waals surface area (Å²) in [6, 6.07) is -0.443. The minimum atomic E-state index is -2.43. The fourth-order valence-electron chi connectivity index (χ4n) is 2.09. The number of piperidine rings is 1. The van der Waals surface area contributed by atoms with Gasteiger partial charge in [0.15, 0.2) is 0 Å². The molecule has 3 nitrogen and oxygen atoms in total. The van der Waals surface area contributed by atoms with Gasteiger partial charge in [-0.3, -0.25) is 4.79 Å². The molecule has 1 aliphatic heterocycles. The van der Waals surface area contributed by atoms with Gasteiger partial charge in [-0.2, -0.15) is 0 Å². The predicted molar refractivity (Wildman–Crippen MR) is 35.5 cm³/mol. The zero-order valence-corrected chi connectivity index (χ0v) is 6.21. The van der Waals surface area contributed by atoms with Crippen LogP contribution in [0.3, 0.4) is 0 Å². The van der Waals surface area contributed by atoms with E-state index in [1.165, 1.54) is 0 Å². The SMILES string of the molecule is O=C1N[C@H](CO)[C@@H]2C1[C@H]2C(F)F. The van der Waals surface area contributed by atoms with Crippen LogP contribution in [0.5, 0.6) is 0 Å². The molecule has 1 saturated carbocycles. The van der Waals surface area contributed by atoms with E-state index < -0.39 is 24.3 Å². The van der Waals surface area contributed by atoms with Crippen molar-refractivity contribution in [2.45, 2.75) is 12.5 Å². The molecule has 4 atom stereocenters. The predicted octanol–water partition coefficient (Wildman–Crippen LogP) is -0.396. The van der Waals surface area contributed by atoms with E-state index in [-0.39, 0.29) is 18.4 Å². The van der Waals surface area contributed by atoms with Crippen LogP contribution in [0.4, 0.5) is 8.78 Å². The first-order valence-electron chi connectivity index (χ1n) is 3.86. The number of rotatable bonds is 2. The Hall–Kier alpha value is -0.710. The molecule has 1 amide bonds. The fourth-order valence-corrected chi connectivity index (χ4v) is 2.09. The molecule has 68 valence electrons. The summed E-state index contributed by atoms with van der Waals surface area (Å²) in [5.74, 6) is -2.01. The van der Waals surface area contributed by atoms with Gasteiger partial charge in [0.05, 0.1) is 18.6 Å². The Morgan fingerprint density at radius 3 is 2.67 bits per heavy atom. The number of fused-ring (bicyclic) bond motifs is 1. The van der Waals surface area contributed by atoms with E-state index in [2.05, 4.69) is 5.32 Å². The Balaban J connectivity index is 2.07. The number of carbonyl (C=O) groups excluding carboxylic acids is 1. The van der Waals surface area contributed by atoms with Crippen molar-refractivity contribution in [2.75, 3.05) is 6.61 Å². The van der Waals surface area contributed by atoms with Crippen molar-refractivity contribution < 1.29 is 18.7 Å². The average molecular weight is 177 g/mol. The number of carbonyl (C=O) groups is 1. The molecule has 12 heavy (non-hydrogen) atoms. The molecule has 1 unspecified atom stereocenters. The molecule has 2 N–H and O–H groups in total. The topological polar surface area (TPSA) is 49.3 Å². The van der Waals surface area contributed by atoms with E-state index in [0.717, 1.165) is 0 Å². The van der Waals surface area contributed by atoms with Gasteiger partial charge in [-0.25, -0.2) is 8.78 Å². The molecule has 1 saturated heterocycles. The minimum absolute atomic E-state index is 0.240. The van der Waals surface area contributed by atoms with Gasteiger partial charge in [0, 0.05) is 11.8 Å². The Morgan fingerprint density at radius 2 is 2.25 bits per heavy atom. The lowest BCUT2D eigenvalue weighted by Gasteiger charge is -2.11. The number of hydrogen-bond donors (Lipinski definition) is 2. The van der Waals surface area contributed by atoms with Gasteiger partial charge in [-0.15, -0.1) is 0 Å². The standard InChI is InChI=1S/C7H9F2NO2/c8-6(9)4-3-2(1-11)10-7(12)5(3)4/h2-6,11H,1H2,(H,10,12)/t2-,3+,4+,5?/m1/s1. The summed E-state index contributed by atoms with van der Waals surface area (Å²) >= 11 is 0. The van der Waals surface area contributed by atoms with Gasteiger partial charge in [-0.1, -0.05) is 0 Å². The fraction of sp³-hybridized carbons (Fsp3) is 0.857. The molecule has 0 aromatic heterocycles. The third-order valence-corrected chi connectivity index (χ3v) is 2.72. The van der Waals surface area contributed by atoms with Gasteiger partial charge in [0.25, 0.3) is 0 Å². The first-order valence-corrected chi connectivity index (χ1v) is 3.86. The first kappa shape index (κ1) is 7.91. The summed E-state index contributed by atoms with van der Waals surface area (Å²) in [4.78, 5) is 10.9. The summed E-state index contributed by atoms with van der Waals surface area (Å²) in [7, 11) is 0. The van der Waals surface area contributed by atoms with Gasteiger partial charge >= 0.3 is 0 Å². The van der Waals surface area contributed by atoms with Crippen LogP contribution >= 0.6 is 0 Å². The number of aliphatic hydroxyl groups is 1. The summed E-state index contributed by atoms with van der Waals surface area (Å²) in [6.45, 7) is -0.240. The molecule has 2 fully saturated rings. The molecule has 2 rings (SSSR count). The summed E-state index contributed by atoms with van der Waals surface area (Å²) in [5, 5.41) is 11.2. The van der Waals surface area contributed by atoms with Gasteiger partial charge in [0.1, 0.15) is 0 Å². The van der Waals surface area contributed by atoms with Gasteiger partial charge in [0.2, 0.25) is 12.3 Å². The lowest BCUT2D eigenvalue weighted by molar-refractivity contribution is -0.122. The van der Waals surface area contributed by atoms with E-state index in [1.807, 2.05) is 0 Å². The Kier molecular flexibility index (Phi) is 1.57. The second kappa shape index (κ2) is 2.39. The molecular formula is C7H9F2NO2. The van der Waals surface area contributed by atoms with Crippen LogP contribution in [-0.2, 0) is 4.79 Å². The quantitative estimate of drug-likeness (QED) is 0.603. The van der Waals surface area contributed by atoms with Crippen molar-refractivity contribution in [3.63, 3.8) is 0 Å². The van der Waals surface area contributed by atoms with Crippen LogP contribution in [-0.4, -0.2) is 30.1 Å². The number of nitrogens with one attached hydrogen (secondary N) is 1. The lowest BCUT2D eigenvalue weighted by Crippen LogP contribution is -2.36. The molecule has 2 aliphatic rings. The monoisotopic (exact) mass is 177 g/mol. The van der Waals surface area contributed by atoms with Gasteiger partial charge in [-0.05, 0) is 0 Å². The highest BCUT2D eigenvalue weighted by Gasteiger charge is 2.66. The third-order valence-electron chi connectivity index (χ3n) is 2.72. The van der Waals surface area contributed by atoms with Crippen LogP contribution < -0.4 is 5.32 Å². The number of alkyl halides is 2. The number of hydrogen-bond acceptors (Lipinski definition) is 2. The van der Waals surface area contributed by atoms with E-state index in [9.17, 15) is 13.6 Å². The maximum Gasteiger partial charge on any atom is 0.242 e. The maximum absolute atomic E-state index is 12.2. The van der Waals surface area contributed by atoms with Crippen molar-refractivity contribution >= 4 is 5.91 Å². The van der Waals surface area contributed by atoms with Crippen LogP contribution in [0, 0.1) is 17.8 Å². The third kappa shape index (κ3) is 0.857. The molecule has 5 heteroatoms. The number of halogens is 2. The zero-order chi connectivity index (χ0) is 8.88. The second-order valence-corrected chi connectivity index (χ2v) is 3.31. The summed E-state index contributed by atoms with van der Waals surface area (Å²) in [5.41, 5.74) is 0. The highest BCUT2D eigenvalue weighted by Crippen LogP contribution is 2.55. The lowest BCUT2D eigenvalue weighted by atomic mass is 10.2. The first-order chi connectivity index (χ1) is 5.66. The summed E-state index contributed by atoms with van der Waals surface area (Å²) < 4.78 is 24.3. The molecule has 0 spiro atoms. The Morgan fingerprint density at radius 1 is 1.58 bits per heavy atom. The Labute approximate surface area is 67.8 Å². The van der Waals surface area contributed by atoms with Gasteiger partial charge < -0.3 is 10.4 Å². The Bertz CT molecular complexity index is 221. The highest BCUT2D eigenvalue weighted by atomic mass is 19.3.